The van der Waals surface area contributed by atoms with Crippen LogP contribution in [0, 0.1) is 0 Å². The first-order valence-corrected chi connectivity index (χ1v) is 10.7. The number of nitrogens with two attached hydrogens (primary N) is 1. The molecule has 0 spiro atoms. The summed E-state index contributed by atoms with van der Waals surface area (Å²) >= 11 is 0. The van der Waals surface area contributed by atoms with Crippen LogP contribution in [0.5, 0.6) is 11.5 Å². The number of azo groups is 1. The third kappa shape index (κ3) is 7.71. The molecule has 4 N–H and O–H groups in total. The molecule has 0 aliphatic rings. The summed E-state index contributed by atoms with van der Waals surface area (Å²) in [6, 6.07) is 6.48. The topological polar surface area (TPSA) is 188 Å². The Morgan fingerprint density at radius 1 is 1.00 bits per heavy atom. The molecule has 14 heteroatoms. The van der Waals surface area contributed by atoms with E-state index in [2.05, 4.69) is 20.3 Å². The van der Waals surface area contributed by atoms with Gasteiger partial charge in [0, 0.05) is 24.9 Å². The Morgan fingerprint density at radius 3 is 2.36 bits per heavy atom. The minimum absolute atomic E-state index is 0.00915. The molecule has 0 saturated heterocycles. The third-order valence-electron chi connectivity index (χ3n) is 3.89. The van der Waals surface area contributed by atoms with Gasteiger partial charge in [0.1, 0.15) is 47.6 Å². The van der Waals surface area contributed by atoms with E-state index in [-0.39, 0.29) is 67.1 Å². The molecule has 0 fully saturated rings. The molecule has 2 rings (SSSR count). The molecule has 33 heavy (non-hydrogen) atoms. The van der Waals surface area contributed by atoms with Gasteiger partial charge < -0.3 is 30.0 Å². The van der Waals surface area contributed by atoms with Crippen LogP contribution < -0.4 is 20.5 Å². The summed E-state index contributed by atoms with van der Waals surface area (Å²) in [6.07, 6.45) is 0.351. The van der Waals surface area contributed by atoms with Crippen LogP contribution >= 0.6 is 0 Å². The maximum atomic E-state index is 11.8. The van der Waals surface area contributed by atoms with Crippen LogP contribution in [0.15, 0.2) is 45.5 Å². The number of anilines is 2. The van der Waals surface area contributed by atoms with Gasteiger partial charge in [-0.3, -0.25) is 14.1 Å². The first-order valence-electron chi connectivity index (χ1n) is 9.27. The van der Waals surface area contributed by atoms with Crippen LogP contribution in [0.2, 0.25) is 0 Å². The number of benzene rings is 2. The number of carbonyl (C=O) groups is 2. The van der Waals surface area contributed by atoms with Crippen LogP contribution in [0.4, 0.5) is 22.7 Å². The summed E-state index contributed by atoms with van der Waals surface area (Å²) in [5.41, 5.74) is 6.24. The van der Waals surface area contributed by atoms with Gasteiger partial charge in [0.25, 0.3) is 16.6 Å². The van der Waals surface area contributed by atoms with Crippen LogP contribution in [-0.2, 0) is 29.2 Å². The van der Waals surface area contributed by atoms with Crippen LogP contribution in [0.1, 0.15) is 0 Å². The van der Waals surface area contributed by atoms with E-state index in [1.165, 1.54) is 31.4 Å². The van der Waals surface area contributed by atoms with E-state index in [4.69, 9.17) is 19.9 Å². The maximum Gasteiger partial charge on any atom is 0.296 e. The van der Waals surface area contributed by atoms with E-state index in [0.29, 0.717) is 6.41 Å². The molecule has 0 unspecified atom stereocenters. The fraction of sp³-hybridized carbons (Fsp3) is 0.263. The van der Waals surface area contributed by atoms with Crippen LogP contribution in [-0.4, -0.2) is 59.4 Å². The Balaban J connectivity index is 2.43. The second-order valence-electron chi connectivity index (χ2n) is 6.13. The first kappa shape index (κ1) is 25.5. The Morgan fingerprint density at radius 2 is 1.70 bits per heavy atom. The highest BCUT2D eigenvalue weighted by atomic mass is 32.2. The molecule has 0 saturated carbocycles. The van der Waals surface area contributed by atoms with Gasteiger partial charge in [0.2, 0.25) is 6.41 Å². The zero-order valence-corrected chi connectivity index (χ0v) is 18.3. The van der Waals surface area contributed by atoms with Crippen molar-refractivity contribution >= 4 is 45.7 Å². The predicted molar refractivity (Wildman–Crippen MR) is 116 cm³/mol. The number of nitrogens with zero attached hydrogens (tertiary/aromatic N) is 2. The van der Waals surface area contributed by atoms with Gasteiger partial charge in [-0.05, 0) is 18.2 Å². The quantitative estimate of drug-likeness (QED) is 0.118. The number of nitrogen functional groups attached to an aromatic ring is 1. The van der Waals surface area contributed by atoms with Crippen molar-refractivity contribution in [2.75, 3.05) is 44.6 Å². The van der Waals surface area contributed by atoms with Gasteiger partial charge in [-0.1, -0.05) is 0 Å². The SMILES string of the molecule is COCCOc1cc(N)c(OCCOC=O)cc1N=Nc1ccc(NC=O)cc1S(=O)(=O)O. The summed E-state index contributed by atoms with van der Waals surface area (Å²) < 4.78 is 53.6. The molecule has 178 valence electrons. The van der Waals surface area contributed by atoms with Crippen molar-refractivity contribution in [3.63, 3.8) is 0 Å². The van der Waals surface area contributed by atoms with Crippen molar-refractivity contribution in [2.45, 2.75) is 4.90 Å². The van der Waals surface area contributed by atoms with Crippen molar-refractivity contribution in [1.82, 2.24) is 0 Å². The Bertz CT molecular complexity index is 1110. The van der Waals surface area contributed by atoms with Crippen molar-refractivity contribution in [3.8, 4) is 11.5 Å². The van der Waals surface area contributed by atoms with Crippen molar-refractivity contribution in [2.24, 2.45) is 10.2 Å². The van der Waals surface area contributed by atoms with Crippen molar-refractivity contribution < 1.29 is 41.5 Å². The highest BCUT2D eigenvalue weighted by molar-refractivity contribution is 7.86. The lowest BCUT2D eigenvalue weighted by atomic mass is 10.2. The number of hydrogen-bond donors (Lipinski definition) is 3. The molecule has 2 aromatic rings. The molecule has 0 atom stereocenters. The lowest BCUT2D eigenvalue weighted by Gasteiger charge is -2.13. The summed E-state index contributed by atoms with van der Waals surface area (Å²) in [7, 11) is -3.19. The van der Waals surface area contributed by atoms with Gasteiger partial charge in [0.05, 0.1) is 12.3 Å². The molecule has 0 radical (unpaired) electrons. The predicted octanol–water partition coefficient (Wildman–Crippen LogP) is 2.08. The van der Waals surface area contributed by atoms with Crippen molar-refractivity contribution in [3.05, 3.63) is 30.3 Å². The molecular formula is C19H22N4O9S. The second kappa shape index (κ2) is 12.3. The van der Waals surface area contributed by atoms with Gasteiger partial charge >= 0.3 is 0 Å². The molecule has 2 aromatic carbocycles. The van der Waals surface area contributed by atoms with E-state index in [1.54, 1.807) is 0 Å². The molecule has 0 aliphatic heterocycles. The Kier molecular flexibility index (Phi) is 9.53. The van der Waals surface area contributed by atoms with Crippen LogP contribution in [0.3, 0.4) is 0 Å². The molecule has 13 nitrogen and oxygen atoms in total. The van der Waals surface area contributed by atoms with Gasteiger partial charge in [-0.2, -0.15) is 8.42 Å². The first-order chi connectivity index (χ1) is 15.8. The zero-order chi connectivity index (χ0) is 24.3. The number of ether oxygens (including phenoxy) is 4. The number of rotatable bonds is 14. The third-order valence-corrected chi connectivity index (χ3v) is 4.77. The molecule has 1 amide bonds. The Hall–Kier alpha value is -3.75. The standard InChI is InChI=1S/C19H22N4O9S/c1-29-4-6-32-18-9-14(20)17(31-7-5-30-12-25)10-16(18)23-22-15-3-2-13(21-11-24)8-19(15)33(26,27)28/h2-3,8-12H,4-7,20H2,1H3,(H,21,24)(H,26,27,28). The Labute approximate surface area is 189 Å². The normalized spacial score (nSPS) is 11.2. The van der Waals surface area contributed by atoms with Gasteiger partial charge in [0.15, 0.2) is 0 Å². The molecule has 0 aromatic heterocycles. The highest BCUT2D eigenvalue weighted by Gasteiger charge is 2.17. The number of methoxy groups -OCH3 is 1. The highest BCUT2D eigenvalue weighted by Crippen LogP contribution is 2.38. The molecule has 0 heterocycles. The van der Waals surface area contributed by atoms with Gasteiger partial charge in [-0.15, -0.1) is 10.2 Å². The minimum atomic E-state index is -4.68. The number of amides is 1. The van der Waals surface area contributed by atoms with E-state index in [1.807, 2.05) is 0 Å². The monoisotopic (exact) mass is 482 g/mol. The van der Waals surface area contributed by atoms with Crippen molar-refractivity contribution in [1.29, 1.82) is 0 Å². The number of carbonyl (C=O) groups excluding carboxylic acids is 2. The summed E-state index contributed by atoms with van der Waals surface area (Å²) in [5.74, 6) is 0.399. The second-order valence-corrected chi connectivity index (χ2v) is 7.52. The summed E-state index contributed by atoms with van der Waals surface area (Å²) in [5, 5.41) is 10.2. The molecule has 0 aliphatic carbocycles. The lowest BCUT2D eigenvalue weighted by molar-refractivity contribution is -0.129. The van der Waals surface area contributed by atoms with Crippen LogP contribution in [0.25, 0.3) is 0 Å². The average molecular weight is 482 g/mol. The van der Waals surface area contributed by atoms with E-state index in [0.717, 1.165) is 6.07 Å². The number of hydrogen-bond acceptors (Lipinski definition) is 11. The van der Waals surface area contributed by atoms with E-state index in [9.17, 15) is 22.6 Å². The average Bonchev–Trinajstić information content (AvgIpc) is 2.77. The smallest absolute Gasteiger partial charge is 0.296 e. The fourth-order valence-corrected chi connectivity index (χ4v) is 3.08. The minimum Gasteiger partial charge on any atom is -0.489 e. The summed E-state index contributed by atoms with van der Waals surface area (Å²) in [4.78, 5) is 20.3. The molecular weight excluding hydrogens is 460 g/mol. The fourth-order valence-electron chi connectivity index (χ4n) is 2.44. The maximum absolute atomic E-state index is 11.8. The zero-order valence-electron chi connectivity index (χ0n) is 17.5. The van der Waals surface area contributed by atoms with E-state index >= 15 is 0 Å². The lowest BCUT2D eigenvalue weighted by Crippen LogP contribution is -2.08. The number of nitrogens with one attached hydrogen (secondary N) is 1. The largest absolute Gasteiger partial charge is 0.489 e. The van der Waals surface area contributed by atoms with E-state index < -0.39 is 15.0 Å². The van der Waals surface area contributed by atoms with Gasteiger partial charge in [-0.25, -0.2) is 0 Å². The summed E-state index contributed by atoms with van der Waals surface area (Å²) in [6.45, 7) is 0.720. The molecule has 0 bridgehead atoms.